The average molecular weight is 338 g/mol. The van der Waals surface area contributed by atoms with E-state index < -0.39 is 0 Å². The third kappa shape index (κ3) is 4.16. The van der Waals surface area contributed by atoms with E-state index in [1.807, 2.05) is 0 Å². The lowest BCUT2D eigenvalue weighted by Gasteiger charge is -2.16. The first-order valence-electron chi connectivity index (χ1n) is 6.69. The van der Waals surface area contributed by atoms with Crippen LogP contribution in [0.25, 0.3) is 0 Å². The minimum atomic E-state index is 0.414. The first-order chi connectivity index (χ1) is 9.18. The lowest BCUT2D eigenvalue weighted by molar-refractivity contribution is 0.535. The molecule has 2 atom stereocenters. The van der Waals surface area contributed by atoms with Crippen molar-refractivity contribution < 1.29 is 0 Å². The molecule has 102 valence electrons. The number of hydrogen-bond acceptors (Lipinski definition) is 2. The highest BCUT2D eigenvalue weighted by atomic mass is 79.9. The van der Waals surface area contributed by atoms with Crippen LogP contribution in [-0.2, 0) is 0 Å². The van der Waals surface area contributed by atoms with Gasteiger partial charge in [-0.05, 0) is 58.7 Å². The molecule has 1 nitrogen and oxygen atoms in total. The Morgan fingerprint density at radius 2 is 1.89 bits per heavy atom. The van der Waals surface area contributed by atoms with E-state index in [-0.39, 0.29) is 0 Å². The number of benzene rings is 1. The maximum absolute atomic E-state index is 3.61. The minimum absolute atomic E-state index is 0.414. The van der Waals surface area contributed by atoms with Crippen molar-refractivity contribution in [1.82, 2.24) is 5.32 Å². The van der Waals surface area contributed by atoms with Crippen LogP contribution in [0.4, 0.5) is 0 Å². The third-order valence-electron chi connectivity index (χ3n) is 3.43. The van der Waals surface area contributed by atoms with Gasteiger partial charge >= 0.3 is 0 Å². The van der Waals surface area contributed by atoms with Gasteiger partial charge < -0.3 is 5.32 Å². The molecule has 0 aliphatic heterocycles. The minimum Gasteiger partial charge on any atom is -0.309 e. The number of halogens is 1. The molecule has 0 aliphatic rings. The molecule has 0 saturated heterocycles. The van der Waals surface area contributed by atoms with E-state index >= 15 is 0 Å². The second kappa shape index (κ2) is 7.22. The summed E-state index contributed by atoms with van der Waals surface area (Å²) in [6.45, 7) is 5.56. The van der Waals surface area contributed by atoms with Crippen molar-refractivity contribution in [1.29, 1.82) is 0 Å². The Bertz CT molecular complexity index is 494. The summed E-state index contributed by atoms with van der Waals surface area (Å²) in [6, 6.07) is 13.3. The highest BCUT2D eigenvalue weighted by Gasteiger charge is 2.11. The van der Waals surface area contributed by atoms with Crippen LogP contribution < -0.4 is 5.32 Å². The molecule has 0 spiro atoms. The van der Waals surface area contributed by atoms with Gasteiger partial charge in [-0.2, -0.15) is 0 Å². The topological polar surface area (TPSA) is 12.0 Å². The molecule has 0 fully saturated rings. The molecular weight excluding hydrogens is 318 g/mol. The van der Waals surface area contributed by atoms with Crippen LogP contribution >= 0.6 is 27.3 Å². The molecule has 0 aliphatic carbocycles. The predicted octanol–water partition coefficient (Wildman–Crippen LogP) is 5.36. The second-order valence-electron chi connectivity index (χ2n) is 4.91. The van der Waals surface area contributed by atoms with Crippen LogP contribution in [-0.4, -0.2) is 6.54 Å². The van der Waals surface area contributed by atoms with Gasteiger partial charge in [-0.1, -0.05) is 37.3 Å². The zero-order valence-corrected chi connectivity index (χ0v) is 13.8. The Morgan fingerprint density at radius 1 is 1.16 bits per heavy atom. The lowest BCUT2D eigenvalue weighted by atomic mass is 9.98. The van der Waals surface area contributed by atoms with Gasteiger partial charge in [-0.25, -0.2) is 0 Å². The Balaban J connectivity index is 1.79. The summed E-state index contributed by atoms with van der Waals surface area (Å²) in [5.41, 5.74) is 1.43. The number of hydrogen-bond donors (Lipinski definition) is 1. The fourth-order valence-corrected chi connectivity index (χ4v) is 3.92. The maximum Gasteiger partial charge on any atom is 0.0397 e. The van der Waals surface area contributed by atoms with Crippen molar-refractivity contribution in [2.24, 2.45) is 0 Å². The van der Waals surface area contributed by atoms with Gasteiger partial charge in [-0.15, -0.1) is 11.3 Å². The number of rotatable bonds is 6. The normalized spacial score (nSPS) is 14.3. The zero-order valence-electron chi connectivity index (χ0n) is 11.4. The zero-order chi connectivity index (χ0) is 13.7. The first kappa shape index (κ1) is 14.8. The van der Waals surface area contributed by atoms with Crippen molar-refractivity contribution >= 4 is 27.3 Å². The second-order valence-corrected chi connectivity index (χ2v) is 6.71. The van der Waals surface area contributed by atoms with Crippen molar-refractivity contribution in [3.05, 3.63) is 56.7 Å². The van der Waals surface area contributed by atoms with Gasteiger partial charge in [0.05, 0.1) is 0 Å². The molecule has 1 N–H and O–H groups in total. The molecule has 3 heteroatoms. The molecular formula is C16H20BrNS. The highest BCUT2D eigenvalue weighted by Crippen LogP contribution is 2.28. The summed E-state index contributed by atoms with van der Waals surface area (Å²) in [7, 11) is 0. The molecule has 2 rings (SSSR count). The first-order valence-corrected chi connectivity index (χ1v) is 8.37. The molecule has 0 amide bonds. The van der Waals surface area contributed by atoms with Crippen LogP contribution in [0.1, 0.15) is 42.7 Å². The van der Waals surface area contributed by atoms with Crippen molar-refractivity contribution in [2.45, 2.75) is 32.2 Å². The van der Waals surface area contributed by atoms with Crippen molar-refractivity contribution in [3.8, 4) is 0 Å². The van der Waals surface area contributed by atoms with E-state index in [1.165, 1.54) is 14.9 Å². The number of nitrogens with one attached hydrogen (secondary N) is 1. The van der Waals surface area contributed by atoms with E-state index in [4.69, 9.17) is 0 Å². The smallest absolute Gasteiger partial charge is 0.0397 e. The Hall–Kier alpha value is -0.640. The third-order valence-corrected chi connectivity index (χ3v) is 5.49. The molecule has 1 aromatic carbocycles. The standard InChI is InChI=1S/C16H20BrNS/c1-12(14-6-4-3-5-7-14)8-10-18-13(2)16-15(17)9-11-19-16/h3-7,9,11-13,18H,8,10H2,1-2H3. The summed E-state index contributed by atoms with van der Waals surface area (Å²) in [5, 5.41) is 5.74. The molecule has 19 heavy (non-hydrogen) atoms. The molecule has 1 aromatic heterocycles. The molecule has 2 aromatic rings. The Kier molecular flexibility index (Phi) is 5.61. The van der Waals surface area contributed by atoms with E-state index in [0.29, 0.717) is 12.0 Å². The fraction of sp³-hybridized carbons (Fsp3) is 0.375. The van der Waals surface area contributed by atoms with E-state index in [0.717, 1.165) is 13.0 Å². The SMILES string of the molecule is CC(CCNC(C)c1sccc1Br)c1ccccc1. The molecule has 2 unspecified atom stereocenters. The summed E-state index contributed by atoms with van der Waals surface area (Å²) in [4.78, 5) is 1.38. The summed E-state index contributed by atoms with van der Waals surface area (Å²) >= 11 is 5.40. The summed E-state index contributed by atoms with van der Waals surface area (Å²) in [5.74, 6) is 0.604. The molecule has 1 heterocycles. The lowest BCUT2D eigenvalue weighted by Crippen LogP contribution is -2.20. The van der Waals surface area contributed by atoms with Crippen LogP contribution in [0.15, 0.2) is 46.3 Å². The van der Waals surface area contributed by atoms with E-state index in [9.17, 15) is 0 Å². The molecule has 0 saturated carbocycles. The van der Waals surface area contributed by atoms with Gasteiger partial charge in [0.1, 0.15) is 0 Å². The Labute approximate surface area is 128 Å². The largest absolute Gasteiger partial charge is 0.309 e. The van der Waals surface area contributed by atoms with Crippen LogP contribution in [0.3, 0.4) is 0 Å². The van der Waals surface area contributed by atoms with E-state index in [1.54, 1.807) is 11.3 Å². The molecule has 0 bridgehead atoms. The monoisotopic (exact) mass is 337 g/mol. The highest BCUT2D eigenvalue weighted by molar-refractivity contribution is 9.10. The molecule has 0 radical (unpaired) electrons. The van der Waals surface area contributed by atoms with Crippen LogP contribution in [0, 0.1) is 0 Å². The van der Waals surface area contributed by atoms with Gasteiger partial charge in [-0.3, -0.25) is 0 Å². The van der Waals surface area contributed by atoms with E-state index in [2.05, 4.69) is 76.9 Å². The maximum atomic E-state index is 3.61. The fourth-order valence-electron chi connectivity index (χ4n) is 2.17. The summed E-state index contributed by atoms with van der Waals surface area (Å²) < 4.78 is 1.22. The van der Waals surface area contributed by atoms with Gasteiger partial charge in [0.2, 0.25) is 0 Å². The van der Waals surface area contributed by atoms with Crippen LogP contribution in [0.5, 0.6) is 0 Å². The average Bonchev–Trinajstić information content (AvgIpc) is 2.86. The van der Waals surface area contributed by atoms with Gasteiger partial charge in [0, 0.05) is 15.4 Å². The van der Waals surface area contributed by atoms with Crippen molar-refractivity contribution in [3.63, 3.8) is 0 Å². The van der Waals surface area contributed by atoms with Crippen molar-refractivity contribution in [2.75, 3.05) is 6.54 Å². The summed E-state index contributed by atoms with van der Waals surface area (Å²) in [6.07, 6.45) is 1.16. The predicted molar refractivity (Wildman–Crippen MR) is 87.9 cm³/mol. The van der Waals surface area contributed by atoms with Gasteiger partial charge in [0.15, 0.2) is 0 Å². The van der Waals surface area contributed by atoms with Crippen LogP contribution in [0.2, 0.25) is 0 Å². The quantitative estimate of drug-likeness (QED) is 0.748. The number of thiophene rings is 1. The van der Waals surface area contributed by atoms with Gasteiger partial charge in [0.25, 0.3) is 0 Å². The Morgan fingerprint density at radius 3 is 2.53 bits per heavy atom.